The molecule has 0 fully saturated rings. The Labute approximate surface area is 164 Å². The van der Waals surface area contributed by atoms with E-state index in [1.165, 1.54) is 25.3 Å². The Balaban J connectivity index is 2.05. The second-order valence-corrected chi connectivity index (χ2v) is 6.20. The first-order valence-electron chi connectivity index (χ1n) is 8.73. The Bertz CT molecular complexity index is 795. The van der Waals surface area contributed by atoms with Gasteiger partial charge in [-0.3, -0.25) is 4.79 Å². The van der Waals surface area contributed by atoms with Gasteiger partial charge in [-0.05, 0) is 28.7 Å². The van der Waals surface area contributed by atoms with Gasteiger partial charge in [0, 0.05) is 20.6 Å². The van der Waals surface area contributed by atoms with E-state index in [1.807, 2.05) is 24.3 Å². The summed E-state index contributed by atoms with van der Waals surface area (Å²) in [6, 6.07) is 12.2. The quantitative estimate of drug-likeness (QED) is 0.518. The maximum Gasteiger partial charge on any atom is 0.493 e. The number of methoxy groups -OCH3 is 1. The molecule has 0 bridgehead atoms. The Hall–Kier alpha value is -2.71. The van der Waals surface area contributed by atoms with Crippen LogP contribution in [-0.4, -0.2) is 46.4 Å². The Kier molecular flexibility index (Phi) is 8.16. The average Bonchev–Trinajstić information content (AvgIpc) is 2.69. The molecule has 1 N–H and O–H groups in total. The Morgan fingerprint density at radius 1 is 1.04 bits per heavy atom. The molecule has 0 unspecified atom stereocenters. The SMILES string of the molecule is COB(OC)c1ccc(C[C@@H](NC(=O)Cc2cccc(F)c2)C(=O)OC)cc1. The second kappa shape index (κ2) is 10.6. The molecule has 8 heteroatoms. The lowest BCUT2D eigenvalue weighted by molar-refractivity contribution is -0.145. The van der Waals surface area contributed by atoms with Crippen LogP contribution in [0.4, 0.5) is 4.39 Å². The summed E-state index contributed by atoms with van der Waals surface area (Å²) in [7, 11) is 3.88. The van der Waals surface area contributed by atoms with E-state index in [0.717, 1.165) is 11.0 Å². The maximum atomic E-state index is 13.3. The highest BCUT2D eigenvalue weighted by atomic mass is 19.1. The topological polar surface area (TPSA) is 73.9 Å². The smallest absolute Gasteiger partial charge is 0.467 e. The van der Waals surface area contributed by atoms with E-state index in [-0.39, 0.29) is 12.8 Å². The summed E-state index contributed by atoms with van der Waals surface area (Å²) in [5.41, 5.74) is 2.19. The van der Waals surface area contributed by atoms with Crippen LogP contribution < -0.4 is 10.8 Å². The zero-order valence-corrected chi connectivity index (χ0v) is 16.1. The second-order valence-electron chi connectivity index (χ2n) is 6.20. The number of hydrogen-bond acceptors (Lipinski definition) is 5. The molecular formula is C20H23BFNO5. The molecule has 0 aliphatic carbocycles. The van der Waals surface area contributed by atoms with Crippen molar-refractivity contribution in [3.05, 3.63) is 65.5 Å². The van der Waals surface area contributed by atoms with Crippen LogP contribution in [-0.2, 0) is 36.5 Å². The highest BCUT2D eigenvalue weighted by Crippen LogP contribution is 2.07. The van der Waals surface area contributed by atoms with Gasteiger partial charge in [0.25, 0.3) is 0 Å². The third kappa shape index (κ3) is 6.18. The summed E-state index contributed by atoms with van der Waals surface area (Å²) in [5, 5.41) is 2.66. The Morgan fingerprint density at radius 3 is 2.29 bits per heavy atom. The summed E-state index contributed by atoms with van der Waals surface area (Å²) in [6.45, 7) is 0. The lowest BCUT2D eigenvalue weighted by Gasteiger charge is -2.17. The third-order valence-electron chi connectivity index (χ3n) is 4.19. The first kappa shape index (κ1) is 21.6. The summed E-state index contributed by atoms with van der Waals surface area (Å²) in [5.74, 6) is -1.36. The van der Waals surface area contributed by atoms with E-state index in [1.54, 1.807) is 20.3 Å². The number of esters is 1. The number of carbonyl (C=O) groups excluding carboxylic acids is 2. The summed E-state index contributed by atoms with van der Waals surface area (Å²) in [6.07, 6.45) is 0.222. The van der Waals surface area contributed by atoms with Crippen molar-refractivity contribution in [3.63, 3.8) is 0 Å². The minimum Gasteiger partial charge on any atom is -0.467 e. The number of halogens is 1. The predicted octanol–water partition coefficient (Wildman–Crippen LogP) is 1.26. The molecule has 0 spiro atoms. The van der Waals surface area contributed by atoms with Crippen LogP contribution in [0.1, 0.15) is 11.1 Å². The minimum absolute atomic E-state index is 0.0342. The fourth-order valence-electron chi connectivity index (χ4n) is 2.83. The summed E-state index contributed by atoms with van der Waals surface area (Å²) in [4.78, 5) is 24.4. The van der Waals surface area contributed by atoms with Gasteiger partial charge >= 0.3 is 13.1 Å². The predicted molar refractivity (Wildman–Crippen MR) is 104 cm³/mol. The number of nitrogens with one attached hydrogen (secondary N) is 1. The molecule has 0 aliphatic heterocycles. The number of benzene rings is 2. The van der Waals surface area contributed by atoms with Crippen LogP contribution in [0.15, 0.2) is 48.5 Å². The highest BCUT2D eigenvalue weighted by Gasteiger charge is 2.23. The van der Waals surface area contributed by atoms with Crippen LogP contribution in [0.5, 0.6) is 0 Å². The molecule has 0 heterocycles. The first-order chi connectivity index (χ1) is 13.5. The zero-order chi connectivity index (χ0) is 20.5. The molecule has 1 atom stereocenters. The van der Waals surface area contributed by atoms with Gasteiger partial charge in [0.1, 0.15) is 11.9 Å². The van der Waals surface area contributed by atoms with E-state index < -0.39 is 30.9 Å². The highest BCUT2D eigenvalue weighted by molar-refractivity contribution is 6.61. The van der Waals surface area contributed by atoms with Crippen molar-refractivity contribution in [1.82, 2.24) is 5.32 Å². The van der Waals surface area contributed by atoms with Crippen LogP contribution in [0, 0.1) is 5.82 Å². The molecule has 2 aromatic carbocycles. The fourth-order valence-corrected chi connectivity index (χ4v) is 2.83. The van der Waals surface area contributed by atoms with Crippen LogP contribution in [0.25, 0.3) is 0 Å². The van der Waals surface area contributed by atoms with Gasteiger partial charge in [-0.25, -0.2) is 9.18 Å². The number of hydrogen-bond donors (Lipinski definition) is 1. The summed E-state index contributed by atoms with van der Waals surface area (Å²) < 4.78 is 28.5. The van der Waals surface area contributed by atoms with Crippen LogP contribution in [0.3, 0.4) is 0 Å². The van der Waals surface area contributed by atoms with Crippen molar-refractivity contribution in [2.75, 3.05) is 21.3 Å². The van der Waals surface area contributed by atoms with Gasteiger partial charge in [-0.2, -0.15) is 0 Å². The number of rotatable bonds is 9. The zero-order valence-electron chi connectivity index (χ0n) is 16.1. The van der Waals surface area contributed by atoms with Crippen molar-refractivity contribution in [1.29, 1.82) is 0 Å². The van der Waals surface area contributed by atoms with E-state index >= 15 is 0 Å². The molecule has 0 aromatic heterocycles. The molecule has 148 valence electrons. The minimum atomic E-state index is -0.849. The Morgan fingerprint density at radius 2 is 1.71 bits per heavy atom. The third-order valence-corrected chi connectivity index (χ3v) is 4.19. The molecule has 0 saturated heterocycles. The number of amides is 1. The lowest BCUT2D eigenvalue weighted by Crippen LogP contribution is -2.43. The average molecular weight is 387 g/mol. The van der Waals surface area contributed by atoms with Gasteiger partial charge in [-0.1, -0.05) is 36.4 Å². The van der Waals surface area contributed by atoms with E-state index in [2.05, 4.69) is 5.32 Å². The van der Waals surface area contributed by atoms with Gasteiger partial charge in [0.05, 0.1) is 13.5 Å². The van der Waals surface area contributed by atoms with Crippen molar-refractivity contribution >= 4 is 24.5 Å². The summed E-state index contributed by atoms with van der Waals surface area (Å²) >= 11 is 0. The van der Waals surface area contributed by atoms with Gasteiger partial charge in [0.15, 0.2) is 0 Å². The molecule has 2 aromatic rings. The maximum absolute atomic E-state index is 13.3. The molecule has 0 aliphatic rings. The monoisotopic (exact) mass is 387 g/mol. The van der Waals surface area contributed by atoms with Crippen molar-refractivity contribution < 1.29 is 28.0 Å². The van der Waals surface area contributed by atoms with Crippen molar-refractivity contribution in [2.24, 2.45) is 0 Å². The fraction of sp³-hybridized carbons (Fsp3) is 0.300. The molecule has 2 rings (SSSR count). The number of carbonyl (C=O) groups is 2. The molecule has 6 nitrogen and oxygen atoms in total. The molecule has 28 heavy (non-hydrogen) atoms. The van der Waals surface area contributed by atoms with E-state index in [9.17, 15) is 14.0 Å². The largest absolute Gasteiger partial charge is 0.493 e. The number of ether oxygens (including phenoxy) is 1. The normalized spacial score (nSPS) is 11.6. The molecule has 0 saturated carbocycles. The molecular weight excluding hydrogens is 364 g/mol. The van der Waals surface area contributed by atoms with E-state index in [0.29, 0.717) is 5.56 Å². The standard InChI is InChI=1S/C20H23BFNO5/c1-26-20(25)18(23-19(24)13-15-5-4-6-17(22)11-15)12-14-7-9-16(10-8-14)21(27-2)28-3/h4-11,18H,12-13H2,1-3H3,(H,23,24)/t18-/m1/s1. The van der Waals surface area contributed by atoms with Gasteiger partial charge < -0.3 is 19.4 Å². The van der Waals surface area contributed by atoms with Crippen LogP contribution >= 0.6 is 0 Å². The first-order valence-corrected chi connectivity index (χ1v) is 8.73. The van der Waals surface area contributed by atoms with Crippen LogP contribution in [0.2, 0.25) is 0 Å². The van der Waals surface area contributed by atoms with E-state index in [4.69, 9.17) is 14.0 Å². The van der Waals surface area contributed by atoms with Gasteiger partial charge in [0.2, 0.25) is 5.91 Å². The van der Waals surface area contributed by atoms with Gasteiger partial charge in [-0.15, -0.1) is 0 Å². The van der Waals surface area contributed by atoms with Crippen molar-refractivity contribution in [3.8, 4) is 0 Å². The molecule has 1 amide bonds. The lowest BCUT2D eigenvalue weighted by atomic mass is 9.78. The van der Waals surface area contributed by atoms with Crippen molar-refractivity contribution in [2.45, 2.75) is 18.9 Å². The molecule has 0 radical (unpaired) electrons.